The molecule has 1 N–H and O–H groups in total. The topological polar surface area (TPSA) is 21.3 Å². The van der Waals surface area contributed by atoms with Gasteiger partial charge in [0.1, 0.15) is 0 Å². The SMILES string of the molecule is C=C(C)CCOCCNC. The number of likely N-dealkylation sites (N-methyl/N-ethyl adjacent to an activating group) is 1. The maximum Gasteiger partial charge on any atom is 0.0590 e. The lowest BCUT2D eigenvalue weighted by Crippen LogP contribution is -2.14. The van der Waals surface area contributed by atoms with Crippen LogP contribution in [0.15, 0.2) is 12.2 Å². The van der Waals surface area contributed by atoms with Crippen molar-refractivity contribution >= 4 is 0 Å². The third kappa shape index (κ3) is 7.66. The van der Waals surface area contributed by atoms with Crippen LogP contribution in [0.25, 0.3) is 0 Å². The summed E-state index contributed by atoms with van der Waals surface area (Å²) in [6, 6.07) is 0. The first kappa shape index (κ1) is 9.66. The van der Waals surface area contributed by atoms with E-state index in [1.165, 1.54) is 5.57 Å². The minimum atomic E-state index is 0.795. The molecule has 0 spiro atoms. The van der Waals surface area contributed by atoms with Crippen LogP contribution in [0.4, 0.5) is 0 Å². The molecule has 0 atom stereocenters. The van der Waals surface area contributed by atoms with Gasteiger partial charge in [0.2, 0.25) is 0 Å². The molecule has 10 heavy (non-hydrogen) atoms. The van der Waals surface area contributed by atoms with E-state index in [1.54, 1.807) is 0 Å². The Bertz CT molecular complexity index is 91.3. The Labute approximate surface area is 63.3 Å². The summed E-state index contributed by atoms with van der Waals surface area (Å²) < 4.78 is 5.26. The molecular formula is C8H17NO. The van der Waals surface area contributed by atoms with Crippen molar-refractivity contribution < 1.29 is 4.74 Å². The Balaban J connectivity index is 2.84. The molecule has 0 fully saturated rings. The molecule has 0 amide bonds. The summed E-state index contributed by atoms with van der Waals surface area (Å²) in [5.41, 5.74) is 1.18. The quantitative estimate of drug-likeness (QED) is 0.445. The van der Waals surface area contributed by atoms with E-state index in [-0.39, 0.29) is 0 Å². The minimum absolute atomic E-state index is 0.795. The molecule has 60 valence electrons. The third-order valence-corrected chi connectivity index (χ3v) is 1.17. The van der Waals surface area contributed by atoms with E-state index in [0.717, 1.165) is 26.2 Å². The lowest BCUT2D eigenvalue weighted by molar-refractivity contribution is 0.140. The molecule has 0 saturated carbocycles. The van der Waals surface area contributed by atoms with E-state index in [0.29, 0.717) is 0 Å². The van der Waals surface area contributed by atoms with Gasteiger partial charge in [-0.15, -0.1) is 6.58 Å². The Morgan fingerprint density at radius 1 is 1.50 bits per heavy atom. The molecule has 0 radical (unpaired) electrons. The van der Waals surface area contributed by atoms with E-state index in [2.05, 4.69) is 11.9 Å². The molecule has 0 rings (SSSR count). The summed E-state index contributed by atoms with van der Waals surface area (Å²) in [6.45, 7) is 8.32. The van der Waals surface area contributed by atoms with Crippen molar-refractivity contribution in [1.29, 1.82) is 0 Å². The Kier molecular flexibility index (Phi) is 6.55. The first-order chi connectivity index (χ1) is 4.77. The van der Waals surface area contributed by atoms with Crippen LogP contribution >= 0.6 is 0 Å². The lowest BCUT2D eigenvalue weighted by atomic mass is 10.3. The van der Waals surface area contributed by atoms with Crippen LogP contribution in [-0.2, 0) is 4.74 Å². The Morgan fingerprint density at radius 3 is 2.70 bits per heavy atom. The van der Waals surface area contributed by atoms with Crippen molar-refractivity contribution in [3.8, 4) is 0 Å². The van der Waals surface area contributed by atoms with Gasteiger partial charge in [-0.3, -0.25) is 0 Å². The van der Waals surface area contributed by atoms with Crippen LogP contribution < -0.4 is 5.32 Å². The second-order valence-electron chi connectivity index (χ2n) is 2.42. The van der Waals surface area contributed by atoms with Gasteiger partial charge in [0.25, 0.3) is 0 Å². The zero-order valence-electron chi connectivity index (χ0n) is 6.94. The third-order valence-electron chi connectivity index (χ3n) is 1.17. The second kappa shape index (κ2) is 6.78. The van der Waals surface area contributed by atoms with Gasteiger partial charge < -0.3 is 10.1 Å². The summed E-state index contributed by atoms with van der Waals surface area (Å²) in [6.07, 6.45) is 0.976. The van der Waals surface area contributed by atoms with Gasteiger partial charge in [-0.25, -0.2) is 0 Å². The molecule has 0 heterocycles. The molecule has 0 saturated heterocycles. The van der Waals surface area contributed by atoms with Crippen LogP contribution in [0, 0.1) is 0 Å². The Hall–Kier alpha value is -0.340. The maximum absolute atomic E-state index is 5.26. The monoisotopic (exact) mass is 143 g/mol. The van der Waals surface area contributed by atoms with Crippen molar-refractivity contribution in [2.45, 2.75) is 13.3 Å². The van der Waals surface area contributed by atoms with Gasteiger partial charge >= 0.3 is 0 Å². The van der Waals surface area contributed by atoms with E-state index < -0.39 is 0 Å². The molecule has 0 aromatic rings. The van der Waals surface area contributed by atoms with E-state index in [1.807, 2.05) is 14.0 Å². The van der Waals surface area contributed by atoms with Crippen LogP contribution in [0.2, 0.25) is 0 Å². The summed E-state index contributed by atoms with van der Waals surface area (Å²) in [4.78, 5) is 0. The van der Waals surface area contributed by atoms with Crippen LogP contribution in [0.3, 0.4) is 0 Å². The van der Waals surface area contributed by atoms with Crippen molar-refractivity contribution in [3.63, 3.8) is 0 Å². The number of hydrogen-bond acceptors (Lipinski definition) is 2. The minimum Gasteiger partial charge on any atom is -0.380 e. The van der Waals surface area contributed by atoms with Crippen LogP contribution in [0.1, 0.15) is 13.3 Å². The highest BCUT2D eigenvalue weighted by Crippen LogP contribution is 1.94. The highest BCUT2D eigenvalue weighted by Gasteiger charge is 1.87. The van der Waals surface area contributed by atoms with Gasteiger partial charge in [0.15, 0.2) is 0 Å². The highest BCUT2D eigenvalue weighted by atomic mass is 16.5. The second-order valence-corrected chi connectivity index (χ2v) is 2.42. The normalized spacial score (nSPS) is 9.80. The van der Waals surface area contributed by atoms with E-state index in [4.69, 9.17) is 4.74 Å². The summed E-state index contributed by atoms with van der Waals surface area (Å²) in [5.74, 6) is 0. The first-order valence-electron chi connectivity index (χ1n) is 3.64. The van der Waals surface area contributed by atoms with Crippen molar-refractivity contribution in [2.24, 2.45) is 0 Å². The average molecular weight is 143 g/mol. The van der Waals surface area contributed by atoms with Gasteiger partial charge in [-0.2, -0.15) is 0 Å². The van der Waals surface area contributed by atoms with Crippen molar-refractivity contribution in [3.05, 3.63) is 12.2 Å². The molecule has 0 aliphatic carbocycles. The number of ether oxygens (including phenoxy) is 1. The van der Waals surface area contributed by atoms with Crippen LogP contribution in [-0.4, -0.2) is 26.8 Å². The molecule has 0 aromatic carbocycles. The van der Waals surface area contributed by atoms with Crippen molar-refractivity contribution in [2.75, 3.05) is 26.8 Å². The smallest absolute Gasteiger partial charge is 0.0590 e. The summed E-state index contributed by atoms with van der Waals surface area (Å²) in [7, 11) is 1.92. The molecule has 0 unspecified atom stereocenters. The molecule has 0 aliphatic heterocycles. The fraction of sp³-hybridized carbons (Fsp3) is 0.750. The number of rotatable bonds is 6. The molecule has 0 bridgehead atoms. The van der Waals surface area contributed by atoms with Crippen molar-refractivity contribution in [1.82, 2.24) is 5.32 Å². The van der Waals surface area contributed by atoms with Gasteiger partial charge in [-0.1, -0.05) is 5.57 Å². The molecule has 2 heteroatoms. The summed E-state index contributed by atoms with van der Waals surface area (Å²) in [5, 5.41) is 3.01. The van der Waals surface area contributed by atoms with Gasteiger partial charge in [-0.05, 0) is 20.4 Å². The van der Waals surface area contributed by atoms with Crippen LogP contribution in [0.5, 0.6) is 0 Å². The largest absolute Gasteiger partial charge is 0.380 e. The predicted octanol–water partition coefficient (Wildman–Crippen LogP) is 1.19. The lowest BCUT2D eigenvalue weighted by Gasteiger charge is -2.02. The first-order valence-corrected chi connectivity index (χ1v) is 3.64. The average Bonchev–Trinajstić information content (AvgIpc) is 1.87. The zero-order valence-corrected chi connectivity index (χ0v) is 6.94. The van der Waals surface area contributed by atoms with E-state index in [9.17, 15) is 0 Å². The predicted molar refractivity (Wildman–Crippen MR) is 44.2 cm³/mol. The fourth-order valence-corrected chi connectivity index (χ4v) is 0.523. The van der Waals surface area contributed by atoms with Gasteiger partial charge in [0.05, 0.1) is 13.2 Å². The number of hydrogen-bond donors (Lipinski definition) is 1. The molecule has 2 nitrogen and oxygen atoms in total. The zero-order chi connectivity index (χ0) is 7.82. The maximum atomic E-state index is 5.26. The molecule has 0 aromatic heterocycles. The standard InChI is InChI=1S/C8H17NO/c1-8(2)4-6-10-7-5-9-3/h9H,1,4-7H2,2-3H3. The highest BCUT2D eigenvalue weighted by molar-refractivity contribution is 4.86. The summed E-state index contributed by atoms with van der Waals surface area (Å²) >= 11 is 0. The number of nitrogens with one attached hydrogen (secondary N) is 1. The van der Waals surface area contributed by atoms with Gasteiger partial charge in [0, 0.05) is 6.54 Å². The van der Waals surface area contributed by atoms with E-state index >= 15 is 0 Å². The fourth-order valence-electron chi connectivity index (χ4n) is 0.523. The molecular weight excluding hydrogens is 126 g/mol. The molecule has 0 aliphatic rings. The Morgan fingerprint density at radius 2 is 2.20 bits per heavy atom.